The summed E-state index contributed by atoms with van der Waals surface area (Å²) in [5, 5.41) is 6.72. The third-order valence-corrected chi connectivity index (χ3v) is 3.96. The Kier molecular flexibility index (Phi) is 6.25. The maximum Gasteiger partial charge on any atom is 0.271 e. The van der Waals surface area contributed by atoms with Crippen molar-refractivity contribution in [2.24, 2.45) is 5.10 Å². The molecule has 28 heavy (non-hydrogen) atoms. The summed E-state index contributed by atoms with van der Waals surface area (Å²) >= 11 is 0. The lowest BCUT2D eigenvalue weighted by Gasteiger charge is -2.06. The minimum atomic E-state index is -0.327. The monoisotopic (exact) mass is 372 g/mol. The molecule has 0 unspecified atom stereocenters. The molecule has 140 valence electrons. The summed E-state index contributed by atoms with van der Waals surface area (Å²) in [6.07, 6.45) is 3.26. The molecule has 2 N–H and O–H groups in total. The number of carbonyl (C=O) groups is 2. The molecule has 6 heteroatoms. The SMILES string of the molecule is C/C(CC(=O)Nc1cccnc1)=N/NC(=O)c1ccc(-c2ccccc2)cc1. The van der Waals surface area contributed by atoms with Crippen LogP contribution in [-0.4, -0.2) is 22.5 Å². The van der Waals surface area contributed by atoms with Gasteiger partial charge in [-0.2, -0.15) is 5.10 Å². The third-order valence-electron chi connectivity index (χ3n) is 3.96. The van der Waals surface area contributed by atoms with Gasteiger partial charge in [-0.05, 0) is 42.3 Å². The predicted octanol–water partition coefficient (Wildman–Crippen LogP) is 3.88. The van der Waals surface area contributed by atoms with Crippen molar-refractivity contribution in [2.45, 2.75) is 13.3 Å². The Morgan fingerprint density at radius 1 is 0.929 bits per heavy atom. The molecule has 1 heterocycles. The molecule has 0 aliphatic carbocycles. The van der Waals surface area contributed by atoms with E-state index in [1.54, 1.807) is 43.6 Å². The highest BCUT2D eigenvalue weighted by Gasteiger charge is 2.07. The summed E-state index contributed by atoms with van der Waals surface area (Å²) in [6, 6.07) is 20.7. The first-order valence-corrected chi connectivity index (χ1v) is 8.81. The van der Waals surface area contributed by atoms with Crippen molar-refractivity contribution in [2.75, 3.05) is 5.32 Å². The van der Waals surface area contributed by atoms with Crippen LogP contribution < -0.4 is 10.7 Å². The number of hydrazone groups is 1. The molecule has 6 nitrogen and oxygen atoms in total. The summed E-state index contributed by atoms with van der Waals surface area (Å²) in [5.41, 5.74) is 6.21. The molecule has 0 saturated heterocycles. The summed E-state index contributed by atoms with van der Waals surface area (Å²) < 4.78 is 0. The number of nitrogens with one attached hydrogen (secondary N) is 2. The lowest BCUT2D eigenvalue weighted by molar-refractivity contribution is -0.115. The first kappa shape index (κ1) is 19.0. The molecule has 3 aromatic rings. The van der Waals surface area contributed by atoms with Crippen LogP contribution in [0.15, 0.2) is 84.2 Å². The molecule has 0 atom stereocenters. The standard InChI is InChI=1S/C22H20N4O2/c1-16(14-21(27)24-20-8-5-13-23-15-20)25-26-22(28)19-11-9-18(10-12-19)17-6-3-2-4-7-17/h2-13,15H,14H2,1H3,(H,24,27)(H,26,28)/b25-16-. The Bertz CT molecular complexity index is 968. The fourth-order valence-electron chi connectivity index (χ4n) is 2.57. The van der Waals surface area contributed by atoms with Gasteiger partial charge in [0.1, 0.15) is 0 Å². The molecule has 0 spiro atoms. The van der Waals surface area contributed by atoms with Crippen LogP contribution >= 0.6 is 0 Å². The highest BCUT2D eigenvalue weighted by molar-refractivity contribution is 6.06. The molecule has 0 fully saturated rings. The lowest BCUT2D eigenvalue weighted by Crippen LogP contribution is -2.21. The van der Waals surface area contributed by atoms with Crippen LogP contribution in [0.4, 0.5) is 5.69 Å². The average Bonchev–Trinajstić information content (AvgIpc) is 2.73. The van der Waals surface area contributed by atoms with Gasteiger partial charge in [0.2, 0.25) is 5.91 Å². The van der Waals surface area contributed by atoms with Crippen molar-refractivity contribution in [1.29, 1.82) is 0 Å². The normalized spacial score (nSPS) is 11.0. The molecule has 0 aliphatic heterocycles. The average molecular weight is 372 g/mol. The fourth-order valence-corrected chi connectivity index (χ4v) is 2.57. The molecule has 3 rings (SSSR count). The second kappa shape index (κ2) is 9.23. The van der Waals surface area contributed by atoms with E-state index in [4.69, 9.17) is 0 Å². The number of hydrogen-bond acceptors (Lipinski definition) is 4. The van der Waals surface area contributed by atoms with Crippen molar-refractivity contribution in [1.82, 2.24) is 10.4 Å². The van der Waals surface area contributed by atoms with Gasteiger partial charge in [-0.15, -0.1) is 0 Å². The largest absolute Gasteiger partial charge is 0.324 e. The van der Waals surface area contributed by atoms with Gasteiger partial charge in [0.05, 0.1) is 18.3 Å². The highest BCUT2D eigenvalue weighted by atomic mass is 16.2. The maximum atomic E-state index is 12.2. The minimum absolute atomic E-state index is 0.0715. The van der Waals surface area contributed by atoms with Crippen LogP contribution in [0.5, 0.6) is 0 Å². The number of rotatable bonds is 6. The molecule has 2 amide bonds. The Morgan fingerprint density at radius 2 is 1.64 bits per heavy atom. The quantitative estimate of drug-likeness (QED) is 0.509. The summed E-state index contributed by atoms with van der Waals surface area (Å²) in [4.78, 5) is 28.2. The molecule has 2 aromatic carbocycles. The number of carbonyl (C=O) groups excluding carboxylic acids is 2. The number of aromatic nitrogens is 1. The summed E-state index contributed by atoms with van der Waals surface area (Å²) in [5.74, 6) is -0.553. The van der Waals surface area contributed by atoms with Gasteiger partial charge in [-0.3, -0.25) is 14.6 Å². The molecule has 0 saturated carbocycles. The Labute approximate surface area is 163 Å². The highest BCUT2D eigenvalue weighted by Crippen LogP contribution is 2.19. The zero-order valence-corrected chi connectivity index (χ0v) is 15.4. The van der Waals surface area contributed by atoms with Crippen molar-refractivity contribution in [3.05, 3.63) is 84.7 Å². The number of nitrogens with zero attached hydrogens (tertiary/aromatic N) is 2. The smallest absolute Gasteiger partial charge is 0.271 e. The second-order valence-electron chi connectivity index (χ2n) is 6.20. The van der Waals surface area contributed by atoms with E-state index >= 15 is 0 Å². The van der Waals surface area contributed by atoms with Crippen molar-refractivity contribution < 1.29 is 9.59 Å². The van der Waals surface area contributed by atoms with Gasteiger partial charge in [-0.1, -0.05) is 42.5 Å². The van der Waals surface area contributed by atoms with E-state index in [9.17, 15) is 9.59 Å². The molecule has 0 radical (unpaired) electrons. The van der Waals surface area contributed by atoms with Gasteiger partial charge in [0.15, 0.2) is 0 Å². The number of benzene rings is 2. The molecule has 0 aliphatic rings. The van der Waals surface area contributed by atoms with E-state index in [0.29, 0.717) is 17.0 Å². The first-order chi connectivity index (χ1) is 13.6. The third kappa shape index (κ3) is 5.35. The van der Waals surface area contributed by atoms with Crippen molar-refractivity contribution in [3.8, 4) is 11.1 Å². The minimum Gasteiger partial charge on any atom is -0.324 e. The van der Waals surface area contributed by atoms with E-state index in [2.05, 4.69) is 20.8 Å². The number of anilines is 1. The van der Waals surface area contributed by atoms with Crippen molar-refractivity contribution in [3.63, 3.8) is 0 Å². The lowest BCUT2D eigenvalue weighted by atomic mass is 10.0. The van der Waals surface area contributed by atoms with Gasteiger partial charge in [0.25, 0.3) is 5.91 Å². The van der Waals surface area contributed by atoms with Crippen LogP contribution in [0.25, 0.3) is 11.1 Å². The fraction of sp³-hybridized carbons (Fsp3) is 0.0909. The Morgan fingerprint density at radius 3 is 2.32 bits per heavy atom. The number of hydrogen-bond donors (Lipinski definition) is 2. The number of amides is 2. The summed E-state index contributed by atoms with van der Waals surface area (Å²) in [6.45, 7) is 1.68. The Hall–Kier alpha value is -3.80. The van der Waals surface area contributed by atoms with E-state index in [0.717, 1.165) is 11.1 Å². The predicted molar refractivity (Wildman–Crippen MR) is 110 cm³/mol. The van der Waals surface area contributed by atoms with Crippen LogP contribution in [-0.2, 0) is 4.79 Å². The van der Waals surface area contributed by atoms with Crippen LogP contribution in [0.2, 0.25) is 0 Å². The van der Waals surface area contributed by atoms with Crippen LogP contribution in [0.1, 0.15) is 23.7 Å². The van der Waals surface area contributed by atoms with Crippen LogP contribution in [0.3, 0.4) is 0 Å². The molecular formula is C22H20N4O2. The van der Waals surface area contributed by atoms with E-state index in [1.165, 1.54) is 0 Å². The first-order valence-electron chi connectivity index (χ1n) is 8.81. The molecule has 1 aromatic heterocycles. The van der Waals surface area contributed by atoms with Crippen LogP contribution in [0, 0.1) is 0 Å². The van der Waals surface area contributed by atoms with Gasteiger partial charge in [-0.25, -0.2) is 5.43 Å². The van der Waals surface area contributed by atoms with Gasteiger partial charge in [0, 0.05) is 17.5 Å². The Balaban J connectivity index is 1.54. The number of pyridine rings is 1. The molecular weight excluding hydrogens is 352 g/mol. The topological polar surface area (TPSA) is 83.4 Å². The maximum absolute atomic E-state index is 12.2. The zero-order valence-electron chi connectivity index (χ0n) is 15.4. The summed E-state index contributed by atoms with van der Waals surface area (Å²) in [7, 11) is 0. The van der Waals surface area contributed by atoms with Gasteiger partial charge >= 0.3 is 0 Å². The van der Waals surface area contributed by atoms with Crippen molar-refractivity contribution >= 4 is 23.2 Å². The second-order valence-corrected chi connectivity index (χ2v) is 6.20. The van der Waals surface area contributed by atoms with E-state index in [1.807, 2.05) is 42.5 Å². The van der Waals surface area contributed by atoms with E-state index < -0.39 is 0 Å². The van der Waals surface area contributed by atoms with Gasteiger partial charge < -0.3 is 5.32 Å². The zero-order chi connectivity index (χ0) is 19.8. The van der Waals surface area contributed by atoms with E-state index in [-0.39, 0.29) is 18.2 Å². The molecule has 0 bridgehead atoms.